The molecule has 0 bridgehead atoms. The summed E-state index contributed by atoms with van der Waals surface area (Å²) in [6.07, 6.45) is 1.94. The zero-order chi connectivity index (χ0) is 25.5. The molecule has 11 nitrogen and oxygen atoms in total. The molecule has 1 saturated heterocycles. The van der Waals surface area contributed by atoms with Crippen LogP contribution in [0.4, 0.5) is 0 Å². The van der Waals surface area contributed by atoms with Crippen LogP contribution >= 0.6 is 11.3 Å². The Kier molecular flexibility index (Phi) is 8.49. The third kappa shape index (κ3) is 6.18. The predicted octanol–water partition coefficient (Wildman–Crippen LogP) is 2.13. The Labute approximate surface area is 213 Å². The second kappa shape index (κ2) is 12.0. The van der Waals surface area contributed by atoms with Crippen LogP contribution in [0.1, 0.15) is 24.6 Å². The molecule has 0 aliphatic carbocycles. The molecule has 0 saturated carbocycles. The van der Waals surface area contributed by atoms with Crippen LogP contribution in [-0.2, 0) is 27.4 Å². The number of ether oxygens (including phenoxy) is 3. The van der Waals surface area contributed by atoms with Crippen LogP contribution in [0.15, 0.2) is 35.7 Å². The van der Waals surface area contributed by atoms with E-state index in [-0.39, 0.29) is 24.5 Å². The summed E-state index contributed by atoms with van der Waals surface area (Å²) in [7, 11) is 3.11. The molecule has 2 atom stereocenters. The van der Waals surface area contributed by atoms with Gasteiger partial charge in [0.2, 0.25) is 17.6 Å². The Balaban J connectivity index is 1.46. The molecule has 12 heteroatoms. The highest BCUT2D eigenvalue weighted by atomic mass is 32.1. The van der Waals surface area contributed by atoms with Crippen LogP contribution < -0.4 is 14.8 Å². The van der Waals surface area contributed by atoms with E-state index in [1.165, 1.54) is 21.0 Å². The number of benzene rings is 1. The minimum atomic E-state index is -0.685. The van der Waals surface area contributed by atoms with Gasteiger partial charge in [-0.2, -0.15) is 4.80 Å². The summed E-state index contributed by atoms with van der Waals surface area (Å²) in [6.45, 7) is 3.02. The number of carbonyl (C=O) groups excluding carboxylic acids is 2. The van der Waals surface area contributed by atoms with Gasteiger partial charge < -0.3 is 24.4 Å². The van der Waals surface area contributed by atoms with Gasteiger partial charge in [-0.25, -0.2) is 0 Å². The number of carbonyl (C=O) groups is 2. The van der Waals surface area contributed by atoms with Crippen LogP contribution in [0.2, 0.25) is 0 Å². The second-order valence-electron chi connectivity index (χ2n) is 8.37. The monoisotopic (exact) mass is 514 g/mol. The molecule has 0 spiro atoms. The van der Waals surface area contributed by atoms with Gasteiger partial charge in [-0.05, 0) is 54.6 Å². The fraction of sp³-hybridized carbons (Fsp3) is 0.458. The van der Waals surface area contributed by atoms with E-state index in [1.54, 1.807) is 39.3 Å². The first kappa shape index (κ1) is 25.6. The van der Waals surface area contributed by atoms with E-state index in [1.807, 2.05) is 17.5 Å². The van der Waals surface area contributed by atoms with Crippen molar-refractivity contribution in [1.29, 1.82) is 0 Å². The van der Waals surface area contributed by atoms with Crippen molar-refractivity contribution in [3.05, 3.63) is 40.6 Å². The Morgan fingerprint density at radius 2 is 2.11 bits per heavy atom. The van der Waals surface area contributed by atoms with Crippen LogP contribution in [0.3, 0.4) is 0 Å². The Morgan fingerprint density at radius 3 is 2.81 bits per heavy atom. The first-order valence-corrected chi connectivity index (χ1v) is 12.6. The number of tetrazole rings is 1. The topological polar surface area (TPSA) is 121 Å². The van der Waals surface area contributed by atoms with Crippen molar-refractivity contribution in [2.75, 3.05) is 27.4 Å². The fourth-order valence-electron chi connectivity index (χ4n) is 3.93. The lowest BCUT2D eigenvalue weighted by atomic mass is 10.2. The molecule has 1 aliphatic rings. The number of rotatable bonds is 11. The quantitative estimate of drug-likeness (QED) is 0.413. The summed E-state index contributed by atoms with van der Waals surface area (Å²) in [5, 5.41) is 17.3. The molecule has 36 heavy (non-hydrogen) atoms. The minimum Gasteiger partial charge on any atom is -0.493 e. The highest BCUT2D eigenvalue weighted by molar-refractivity contribution is 7.09. The van der Waals surface area contributed by atoms with Gasteiger partial charge in [0.25, 0.3) is 0 Å². The Bertz CT molecular complexity index is 1160. The van der Waals surface area contributed by atoms with E-state index in [0.717, 1.165) is 24.3 Å². The summed E-state index contributed by atoms with van der Waals surface area (Å²) < 4.78 is 16.2. The summed E-state index contributed by atoms with van der Waals surface area (Å²) in [6, 6.07) is 8.44. The standard InChI is InChI=1S/C24H30N6O5S/c1-16(24(32)25-13-18-6-4-10-35-18)29(14-19-7-5-11-36-19)22(31)15-30-27-23(26-28-30)17-8-9-20(33-2)21(12-17)34-3/h5,7-9,11-12,16,18H,4,6,10,13-15H2,1-3H3,(H,25,32)/t16-,18-/m0/s1. The van der Waals surface area contributed by atoms with Gasteiger partial charge in [0.15, 0.2) is 11.5 Å². The predicted molar refractivity (Wildman–Crippen MR) is 133 cm³/mol. The number of nitrogens with one attached hydrogen (secondary N) is 1. The van der Waals surface area contributed by atoms with Gasteiger partial charge in [0, 0.05) is 23.6 Å². The van der Waals surface area contributed by atoms with Crippen molar-refractivity contribution in [2.24, 2.45) is 0 Å². The number of methoxy groups -OCH3 is 2. The molecule has 3 heterocycles. The molecular weight excluding hydrogens is 484 g/mol. The zero-order valence-electron chi connectivity index (χ0n) is 20.5. The largest absolute Gasteiger partial charge is 0.493 e. The highest BCUT2D eigenvalue weighted by Crippen LogP contribution is 2.30. The fourth-order valence-corrected chi connectivity index (χ4v) is 4.64. The first-order valence-electron chi connectivity index (χ1n) is 11.7. The maximum atomic E-state index is 13.3. The van der Waals surface area contributed by atoms with E-state index in [2.05, 4.69) is 20.7 Å². The van der Waals surface area contributed by atoms with Gasteiger partial charge in [-0.15, -0.1) is 21.5 Å². The van der Waals surface area contributed by atoms with Gasteiger partial charge in [-0.1, -0.05) is 6.07 Å². The maximum Gasteiger partial charge on any atom is 0.247 e. The van der Waals surface area contributed by atoms with Crippen molar-refractivity contribution in [2.45, 2.75) is 45.0 Å². The van der Waals surface area contributed by atoms with Gasteiger partial charge in [-0.3, -0.25) is 9.59 Å². The van der Waals surface area contributed by atoms with Crippen LogP contribution in [0.25, 0.3) is 11.4 Å². The van der Waals surface area contributed by atoms with E-state index >= 15 is 0 Å². The Morgan fingerprint density at radius 1 is 1.28 bits per heavy atom. The lowest BCUT2D eigenvalue weighted by molar-refractivity contribution is -0.141. The second-order valence-corrected chi connectivity index (χ2v) is 9.40. The van der Waals surface area contributed by atoms with E-state index in [4.69, 9.17) is 14.2 Å². The van der Waals surface area contributed by atoms with E-state index < -0.39 is 6.04 Å². The van der Waals surface area contributed by atoms with Crippen molar-refractivity contribution in [1.82, 2.24) is 30.4 Å². The number of thiophene rings is 1. The molecule has 0 radical (unpaired) electrons. The molecule has 2 aromatic heterocycles. The summed E-state index contributed by atoms with van der Waals surface area (Å²) >= 11 is 1.53. The summed E-state index contributed by atoms with van der Waals surface area (Å²) in [4.78, 5) is 30.0. The SMILES string of the molecule is COc1ccc(-c2nnn(CC(=O)N(Cc3cccs3)[C@@H](C)C(=O)NC[C@@H]3CCCO3)n2)cc1OC. The number of hydrogen-bond donors (Lipinski definition) is 1. The van der Waals surface area contributed by atoms with Gasteiger partial charge >= 0.3 is 0 Å². The van der Waals surface area contributed by atoms with E-state index in [9.17, 15) is 9.59 Å². The molecule has 4 rings (SSSR count). The Hall–Kier alpha value is -3.51. The maximum absolute atomic E-state index is 13.3. The number of aromatic nitrogens is 4. The molecule has 1 N–H and O–H groups in total. The molecule has 0 unspecified atom stereocenters. The number of amides is 2. The third-order valence-electron chi connectivity index (χ3n) is 5.97. The van der Waals surface area contributed by atoms with E-state index in [0.29, 0.717) is 36.0 Å². The van der Waals surface area contributed by atoms with Crippen molar-refractivity contribution in [3.63, 3.8) is 0 Å². The normalized spacial score (nSPS) is 15.9. The van der Waals surface area contributed by atoms with Gasteiger partial charge in [0.1, 0.15) is 12.6 Å². The van der Waals surface area contributed by atoms with Crippen LogP contribution in [-0.4, -0.2) is 76.4 Å². The molecule has 1 aliphatic heterocycles. The molecule has 1 fully saturated rings. The lowest BCUT2D eigenvalue weighted by Gasteiger charge is -2.28. The molecule has 3 aromatic rings. The number of hydrogen-bond acceptors (Lipinski definition) is 9. The molecular formula is C24H30N6O5S. The molecule has 1 aromatic carbocycles. The van der Waals surface area contributed by atoms with Crippen molar-refractivity contribution in [3.8, 4) is 22.9 Å². The third-order valence-corrected chi connectivity index (χ3v) is 6.83. The first-order chi connectivity index (χ1) is 17.5. The van der Waals surface area contributed by atoms with Crippen LogP contribution in [0, 0.1) is 0 Å². The lowest BCUT2D eigenvalue weighted by Crippen LogP contribution is -2.49. The summed E-state index contributed by atoms with van der Waals surface area (Å²) in [5.74, 6) is 0.940. The summed E-state index contributed by atoms with van der Waals surface area (Å²) in [5.41, 5.74) is 0.670. The average molecular weight is 515 g/mol. The van der Waals surface area contributed by atoms with Gasteiger partial charge in [0.05, 0.1) is 26.9 Å². The smallest absolute Gasteiger partial charge is 0.247 e. The van der Waals surface area contributed by atoms with Crippen LogP contribution in [0.5, 0.6) is 11.5 Å². The molecule has 2 amide bonds. The molecule has 192 valence electrons. The van der Waals surface area contributed by atoms with Crippen molar-refractivity contribution < 1.29 is 23.8 Å². The number of nitrogens with zero attached hydrogens (tertiary/aromatic N) is 5. The zero-order valence-corrected chi connectivity index (χ0v) is 21.4. The van der Waals surface area contributed by atoms with Crippen molar-refractivity contribution >= 4 is 23.2 Å². The minimum absolute atomic E-state index is 0.0250. The average Bonchev–Trinajstić information content (AvgIpc) is 3.68. The highest BCUT2D eigenvalue weighted by Gasteiger charge is 2.28.